The van der Waals surface area contributed by atoms with Crippen molar-refractivity contribution >= 4 is 10.9 Å². The quantitative estimate of drug-likeness (QED) is 0.618. The Balaban J connectivity index is 2.94. The van der Waals surface area contributed by atoms with Gasteiger partial charge in [0.15, 0.2) is 5.82 Å². The maximum Gasteiger partial charge on any atom is 0.167 e. The average molecular weight is 151 g/mol. The van der Waals surface area contributed by atoms with Crippen LogP contribution in [0.3, 0.4) is 0 Å². The summed E-state index contributed by atoms with van der Waals surface area (Å²) in [5.41, 5.74) is 1.20. The van der Waals surface area contributed by atoms with Crippen LogP contribution in [0.25, 0.3) is 10.9 Å². The first kappa shape index (κ1) is 6.27. The van der Waals surface area contributed by atoms with Crippen molar-refractivity contribution in [3.8, 4) is 0 Å². The highest BCUT2D eigenvalue weighted by atomic mass is 19.1. The molecule has 0 spiro atoms. The van der Waals surface area contributed by atoms with E-state index in [2.05, 4.69) is 15.2 Å². The summed E-state index contributed by atoms with van der Waals surface area (Å²) in [6, 6.07) is 0. The summed E-state index contributed by atoms with van der Waals surface area (Å²) in [4.78, 5) is 3.71. The molecule has 0 radical (unpaired) electrons. The van der Waals surface area contributed by atoms with Crippen LogP contribution < -0.4 is 0 Å². The highest BCUT2D eigenvalue weighted by Crippen LogP contribution is 2.15. The first-order chi connectivity index (χ1) is 5.29. The van der Waals surface area contributed by atoms with Crippen molar-refractivity contribution in [2.75, 3.05) is 0 Å². The molecule has 0 saturated heterocycles. The molecular weight excluding hydrogens is 145 g/mol. The van der Waals surface area contributed by atoms with Crippen molar-refractivity contribution in [2.24, 2.45) is 0 Å². The molecule has 0 amide bonds. The Labute approximate surface area is 62.3 Å². The molecular formula is C7H6FN3. The number of rotatable bonds is 0. The molecule has 0 unspecified atom stereocenters. The van der Waals surface area contributed by atoms with Gasteiger partial charge in [-0.1, -0.05) is 0 Å². The fraction of sp³-hybridized carbons (Fsp3) is 0.143. The molecule has 2 aromatic rings. The van der Waals surface area contributed by atoms with Crippen LogP contribution in [0.2, 0.25) is 0 Å². The molecule has 0 aliphatic rings. The van der Waals surface area contributed by atoms with Crippen LogP contribution in [0.4, 0.5) is 4.39 Å². The van der Waals surface area contributed by atoms with Crippen LogP contribution in [-0.2, 0) is 0 Å². The number of aromatic nitrogens is 3. The van der Waals surface area contributed by atoms with Gasteiger partial charge in [0.25, 0.3) is 0 Å². The largest absolute Gasteiger partial charge is 0.274 e. The van der Waals surface area contributed by atoms with Gasteiger partial charge in [0.1, 0.15) is 5.52 Å². The second-order valence-electron chi connectivity index (χ2n) is 2.35. The van der Waals surface area contributed by atoms with Crippen LogP contribution in [-0.4, -0.2) is 15.2 Å². The molecule has 56 valence electrons. The second kappa shape index (κ2) is 2.02. The van der Waals surface area contributed by atoms with Gasteiger partial charge in [0, 0.05) is 11.6 Å². The average Bonchev–Trinajstić information content (AvgIpc) is 2.35. The van der Waals surface area contributed by atoms with Crippen molar-refractivity contribution in [1.82, 2.24) is 15.2 Å². The molecule has 1 N–H and O–H groups in total. The maximum absolute atomic E-state index is 12.9. The van der Waals surface area contributed by atoms with E-state index >= 15 is 0 Å². The first-order valence-corrected chi connectivity index (χ1v) is 3.23. The third-order valence-corrected chi connectivity index (χ3v) is 1.62. The van der Waals surface area contributed by atoms with Crippen molar-refractivity contribution in [3.05, 3.63) is 23.9 Å². The Bertz CT molecular complexity index is 393. The van der Waals surface area contributed by atoms with Crippen LogP contribution in [0.15, 0.2) is 12.4 Å². The number of hydrogen-bond donors (Lipinski definition) is 1. The van der Waals surface area contributed by atoms with E-state index in [-0.39, 0.29) is 5.82 Å². The van der Waals surface area contributed by atoms with E-state index in [0.717, 1.165) is 11.1 Å². The van der Waals surface area contributed by atoms with E-state index < -0.39 is 0 Å². The van der Waals surface area contributed by atoms with Crippen molar-refractivity contribution in [2.45, 2.75) is 6.92 Å². The summed E-state index contributed by atoms with van der Waals surface area (Å²) >= 11 is 0. The molecule has 2 rings (SSSR count). The van der Waals surface area contributed by atoms with Gasteiger partial charge in [0.2, 0.25) is 0 Å². The number of aromatic amines is 1. The molecule has 0 aliphatic carbocycles. The molecule has 4 heteroatoms. The lowest BCUT2D eigenvalue weighted by Crippen LogP contribution is -1.79. The summed E-state index contributed by atoms with van der Waals surface area (Å²) in [6.07, 6.45) is 2.76. The van der Waals surface area contributed by atoms with E-state index in [1.165, 1.54) is 6.20 Å². The second-order valence-corrected chi connectivity index (χ2v) is 2.35. The summed E-state index contributed by atoms with van der Waals surface area (Å²) < 4.78 is 12.9. The van der Waals surface area contributed by atoms with Crippen LogP contribution in [0, 0.1) is 12.7 Å². The van der Waals surface area contributed by atoms with Gasteiger partial charge in [-0.3, -0.25) is 10.1 Å². The topological polar surface area (TPSA) is 41.6 Å². The standard InChI is InChI=1S/C7H6FN3/c1-4-5-2-9-3-6(8)7(5)11-10-4/h2-3H,1H3,(H,10,11). The predicted octanol–water partition coefficient (Wildman–Crippen LogP) is 1.41. The number of aryl methyl sites for hydroxylation is 1. The van der Waals surface area contributed by atoms with E-state index in [4.69, 9.17) is 0 Å². The molecule has 0 saturated carbocycles. The van der Waals surface area contributed by atoms with Crippen molar-refractivity contribution < 1.29 is 4.39 Å². The molecule has 11 heavy (non-hydrogen) atoms. The molecule has 3 nitrogen and oxygen atoms in total. The van der Waals surface area contributed by atoms with E-state index in [0.29, 0.717) is 5.52 Å². The fourth-order valence-corrected chi connectivity index (χ4v) is 1.02. The zero-order chi connectivity index (χ0) is 7.84. The molecule has 0 atom stereocenters. The van der Waals surface area contributed by atoms with Gasteiger partial charge in [-0.05, 0) is 6.92 Å². The highest BCUT2D eigenvalue weighted by Gasteiger charge is 2.04. The molecule has 2 heterocycles. The number of pyridine rings is 1. The number of nitrogens with one attached hydrogen (secondary N) is 1. The monoisotopic (exact) mass is 151 g/mol. The highest BCUT2D eigenvalue weighted by molar-refractivity contribution is 5.80. The zero-order valence-electron chi connectivity index (χ0n) is 5.93. The Morgan fingerprint density at radius 3 is 3.00 bits per heavy atom. The molecule has 0 aromatic carbocycles. The Morgan fingerprint density at radius 2 is 2.27 bits per heavy atom. The van der Waals surface area contributed by atoms with Crippen LogP contribution in [0.1, 0.15) is 5.69 Å². The minimum atomic E-state index is -0.358. The van der Waals surface area contributed by atoms with E-state index in [9.17, 15) is 4.39 Å². The van der Waals surface area contributed by atoms with Crippen molar-refractivity contribution in [1.29, 1.82) is 0 Å². The Morgan fingerprint density at radius 1 is 1.45 bits per heavy atom. The lowest BCUT2D eigenvalue weighted by atomic mass is 10.3. The van der Waals surface area contributed by atoms with Crippen LogP contribution in [0.5, 0.6) is 0 Å². The summed E-state index contributed by atoms with van der Waals surface area (Å²) in [5.74, 6) is -0.358. The first-order valence-electron chi connectivity index (χ1n) is 3.23. The summed E-state index contributed by atoms with van der Waals surface area (Å²) in [5, 5.41) is 7.18. The molecule has 0 fully saturated rings. The third kappa shape index (κ3) is 0.790. The lowest BCUT2D eigenvalue weighted by Gasteiger charge is -1.88. The van der Waals surface area contributed by atoms with E-state index in [1.54, 1.807) is 13.1 Å². The Kier molecular flexibility index (Phi) is 1.15. The Hall–Kier alpha value is -1.45. The zero-order valence-corrected chi connectivity index (χ0v) is 5.93. The number of hydrogen-bond acceptors (Lipinski definition) is 2. The fourth-order valence-electron chi connectivity index (χ4n) is 1.02. The van der Waals surface area contributed by atoms with Gasteiger partial charge in [-0.25, -0.2) is 4.39 Å². The van der Waals surface area contributed by atoms with E-state index in [1.807, 2.05) is 0 Å². The minimum absolute atomic E-state index is 0.358. The number of fused-ring (bicyclic) bond motifs is 1. The van der Waals surface area contributed by atoms with Gasteiger partial charge in [-0.2, -0.15) is 5.10 Å². The third-order valence-electron chi connectivity index (χ3n) is 1.62. The van der Waals surface area contributed by atoms with Gasteiger partial charge < -0.3 is 0 Å². The predicted molar refractivity (Wildman–Crippen MR) is 38.6 cm³/mol. The minimum Gasteiger partial charge on any atom is -0.274 e. The van der Waals surface area contributed by atoms with Crippen LogP contribution >= 0.6 is 0 Å². The summed E-state index contributed by atoms with van der Waals surface area (Å²) in [7, 11) is 0. The smallest absolute Gasteiger partial charge is 0.167 e. The molecule has 0 aliphatic heterocycles. The van der Waals surface area contributed by atoms with Gasteiger partial charge in [0.05, 0.1) is 11.9 Å². The SMILES string of the molecule is Cc1n[nH]c2c(F)cncc12. The maximum atomic E-state index is 12.9. The molecule has 0 bridgehead atoms. The van der Waals surface area contributed by atoms with Crippen molar-refractivity contribution in [3.63, 3.8) is 0 Å². The number of nitrogens with zero attached hydrogens (tertiary/aromatic N) is 2. The number of H-pyrrole nitrogens is 1. The van der Waals surface area contributed by atoms with Gasteiger partial charge >= 0.3 is 0 Å². The molecule has 2 aromatic heterocycles. The summed E-state index contributed by atoms with van der Waals surface area (Å²) in [6.45, 7) is 1.81. The normalized spacial score (nSPS) is 10.7. The lowest BCUT2D eigenvalue weighted by molar-refractivity contribution is 0.630. The number of halogens is 1. The van der Waals surface area contributed by atoms with Gasteiger partial charge in [-0.15, -0.1) is 0 Å².